The highest BCUT2D eigenvalue weighted by Gasteiger charge is 2.17. The summed E-state index contributed by atoms with van der Waals surface area (Å²) in [6.45, 7) is 3.45. The van der Waals surface area contributed by atoms with E-state index in [4.69, 9.17) is 4.74 Å². The van der Waals surface area contributed by atoms with Crippen LogP contribution in [0.2, 0.25) is 0 Å². The summed E-state index contributed by atoms with van der Waals surface area (Å²) in [6.07, 6.45) is 7.33. The summed E-state index contributed by atoms with van der Waals surface area (Å²) < 4.78 is 20.6. The van der Waals surface area contributed by atoms with E-state index in [1.807, 2.05) is 18.2 Å². The number of ether oxygens (including phenoxy) is 1. The molecule has 4 rings (SSSR count). The van der Waals surface area contributed by atoms with E-state index >= 15 is 0 Å². The number of pyridine rings is 2. The Kier molecular flexibility index (Phi) is 5.67. The van der Waals surface area contributed by atoms with Crippen molar-refractivity contribution in [3.05, 3.63) is 60.3 Å². The molecule has 1 N–H and O–H groups in total. The van der Waals surface area contributed by atoms with Gasteiger partial charge in [-0.05, 0) is 62.7 Å². The smallest absolute Gasteiger partial charge is 0.213 e. The third-order valence-corrected chi connectivity index (χ3v) is 5.34. The Hall–Kier alpha value is -2.73. The molecule has 1 saturated heterocycles. The third kappa shape index (κ3) is 4.39. The molecule has 0 aliphatic carbocycles. The van der Waals surface area contributed by atoms with Gasteiger partial charge in [-0.3, -0.25) is 4.98 Å². The van der Waals surface area contributed by atoms with E-state index in [0.717, 1.165) is 36.9 Å². The lowest BCUT2D eigenvalue weighted by Gasteiger charge is -2.28. The van der Waals surface area contributed by atoms with Crippen molar-refractivity contribution in [2.75, 3.05) is 32.1 Å². The van der Waals surface area contributed by atoms with Gasteiger partial charge in [0, 0.05) is 42.0 Å². The fourth-order valence-electron chi connectivity index (χ4n) is 3.54. The third-order valence-electron chi connectivity index (χ3n) is 5.34. The number of rotatable bonds is 6. The minimum absolute atomic E-state index is 0.257. The molecule has 146 valence electrons. The molecule has 0 unspecified atom stereocenters. The Morgan fingerprint density at radius 3 is 2.89 bits per heavy atom. The number of anilines is 1. The van der Waals surface area contributed by atoms with E-state index in [0.29, 0.717) is 36.0 Å². The maximum atomic E-state index is 14.7. The van der Waals surface area contributed by atoms with Gasteiger partial charge in [-0.1, -0.05) is 6.07 Å². The molecule has 2 aromatic heterocycles. The van der Waals surface area contributed by atoms with Gasteiger partial charge in [0.1, 0.15) is 0 Å². The molecule has 0 atom stereocenters. The minimum Gasteiger partial charge on any atom is -0.477 e. The van der Waals surface area contributed by atoms with Crippen molar-refractivity contribution < 1.29 is 9.13 Å². The van der Waals surface area contributed by atoms with Gasteiger partial charge in [0.25, 0.3) is 0 Å². The largest absolute Gasteiger partial charge is 0.477 e. The number of hydrogen-bond donors (Lipinski definition) is 1. The van der Waals surface area contributed by atoms with Gasteiger partial charge in [-0.2, -0.15) is 0 Å². The number of hydrogen-bond acceptors (Lipinski definition) is 5. The van der Waals surface area contributed by atoms with Crippen molar-refractivity contribution >= 4 is 16.5 Å². The van der Waals surface area contributed by atoms with Crippen LogP contribution in [-0.4, -0.2) is 41.6 Å². The molecule has 6 heteroatoms. The zero-order chi connectivity index (χ0) is 19.3. The first-order chi connectivity index (χ1) is 13.7. The number of benzene rings is 1. The lowest BCUT2D eigenvalue weighted by Crippen LogP contribution is -2.32. The first-order valence-electron chi connectivity index (χ1n) is 9.71. The van der Waals surface area contributed by atoms with Crippen molar-refractivity contribution in [3.63, 3.8) is 0 Å². The van der Waals surface area contributed by atoms with Crippen LogP contribution in [0, 0.1) is 11.7 Å². The number of nitrogens with zero attached hydrogens (tertiary/aromatic N) is 3. The second kappa shape index (κ2) is 8.52. The van der Waals surface area contributed by atoms with E-state index in [-0.39, 0.29) is 5.82 Å². The molecule has 0 amide bonds. The highest BCUT2D eigenvalue weighted by atomic mass is 19.1. The second-order valence-corrected chi connectivity index (χ2v) is 7.44. The molecular weight excluding hydrogens is 355 g/mol. The molecule has 0 bridgehead atoms. The van der Waals surface area contributed by atoms with E-state index in [2.05, 4.69) is 27.2 Å². The molecule has 1 aliphatic heterocycles. The van der Waals surface area contributed by atoms with Gasteiger partial charge in [0.05, 0.1) is 12.3 Å². The van der Waals surface area contributed by atoms with Crippen molar-refractivity contribution in [2.24, 2.45) is 5.92 Å². The molecule has 5 nitrogen and oxygen atoms in total. The Morgan fingerprint density at radius 1 is 1.18 bits per heavy atom. The molecule has 3 aromatic rings. The van der Waals surface area contributed by atoms with Crippen LogP contribution in [0.3, 0.4) is 0 Å². The molecule has 28 heavy (non-hydrogen) atoms. The van der Waals surface area contributed by atoms with Crippen LogP contribution in [0.25, 0.3) is 10.8 Å². The average molecular weight is 380 g/mol. The van der Waals surface area contributed by atoms with Gasteiger partial charge in [-0.25, -0.2) is 9.37 Å². The summed E-state index contributed by atoms with van der Waals surface area (Å²) in [6, 6.07) is 9.15. The quantitative estimate of drug-likeness (QED) is 0.698. The van der Waals surface area contributed by atoms with Crippen LogP contribution >= 0.6 is 0 Å². The monoisotopic (exact) mass is 380 g/mol. The maximum absolute atomic E-state index is 14.7. The summed E-state index contributed by atoms with van der Waals surface area (Å²) >= 11 is 0. The summed E-state index contributed by atoms with van der Waals surface area (Å²) in [5.74, 6) is 0.956. The number of piperidine rings is 1. The normalized spacial score (nSPS) is 15.6. The molecule has 0 spiro atoms. The van der Waals surface area contributed by atoms with Gasteiger partial charge >= 0.3 is 0 Å². The molecule has 3 heterocycles. The van der Waals surface area contributed by atoms with Gasteiger partial charge in [-0.15, -0.1) is 0 Å². The average Bonchev–Trinajstić information content (AvgIpc) is 2.73. The van der Waals surface area contributed by atoms with Crippen LogP contribution in [0.4, 0.5) is 10.1 Å². The SMILES string of the molecule is CN1CCC(COc2cc(CNc3ccc4cnccc4c3F)ccn2)CC1. The van der Waals surface area contributed by atoms with Gasteiger partial charge in [0.15, 0.2) is 5.82 Å². The summed E-state index contributed by atoms with van der Waals surface area (Å²) in [4.78, 5) is 10.7. The highest BCUT2D eigenvalue weighted by Crippen LogP contribution is 2.24. The second-order valence-electron chi connectivity index (χ2n) is 7.44. The number of nitrogens with one attached hydrogen (secondary N) is 1. The predicted molar refractivity (Wildman–Crippen MR) is 109 cm³/mol. The summed E-state index contributed by atoms with van der Waals surface area (Å²) in [5, 5.41) is 4.53. The Bertz CT molecular complexity index is 941. The number of likely N-dealkylation sites (tertiary alicyclic amines) is 1. The lowest BCUT2D eigenvalue weighted by molar-refractivity contribution is 0.157. The summed E-state index contributed by atoms with van der Waals surface area (Å²) in [5.41, 5.74) is 1.48. The van der Waals surface area contributed by atoms with Crippen molar-refractivity contribution in [2.45, 2.75) is 19.4 Å². The maximum Gasteiger partial charge on any atom is 0.213 e. The Morgan fingerprint density at radius 2 is 2.04 bits per heavy atom. The van der Waals surface area contributed by atoms with E-state index in [9.17, 15) is 4.39 Å². The number of halogens is 1. The van der Waals surface area contributed by atoms with E-state index < -0.39 is 0 Å². The van der Waals surface area contributed by atoms with Crippen LogP contribution in [0.5, 0.6) is 5.88 Å². The summed E-state index contributed by atoms with van der Waals surface area (Å²) in [7, 11) is 2.16. The van der Waals surface area contributed by atoms with Crippen LogP contribution < -0.4 is 10.1 Å². The fourth-order valence-corrected chi connectivity index (χ4v) is 3.54. The molecular formula is C22H25FN4O. The predicted octanol–water partition coefficient (Wildman–Crippen LogP) is 4.10. The molecule has 1 fully saturated rings. The standard InChI is InChI=1S/C22H25FN4O/c1-27-10-6-16(7-11-27)15-28-21-12-17(4-9-25-21)13-26-20-3-2-18-14-24-8-5-19(18)22(20)23/h2-5,8-9,12,14,16,26H,6-7,10-11,13,15H2,1H3. The van der Waals surface area contributed by atoms with Crippen LogP contribution in [-0.2, 0) is 6.54 Å². The van der Waals surface area contributed by atoms with Crippen LogP contribution in [0.15, 0.2) is 48.9 Å². The first-order valence-corrected chi connectivity index (χ1v) is 9.71. The Balaban J connectivity index is 1.36. The Labute approximate surface area is 164 Å². The zero-order valence-corrected chi connectivity index (χ0v) is 16.1. The number of aromatic nitrogens is 2. The lowest BCUT2D eigenvalue weighted by atomic mass is 9.98. The van der Waals surface area contributed by atoms with Crippen LogP contribution in [0.1, 0.15) is 18.4 Å². The van der Waals surface area contributed by atoms with Crippen molar-refractivity contribution in [1.29, 1.82) is 0 Å². The topological polar surface area (TPSA) is 50.3 Å². The van der Waals surface area contributed by atoms with Crippen molar-refractivity contribution in [3.8, 4) is 5.88 Å². The first kappa shape index (κ1) is 18.6. The highest BCUT2D eigenvalue weighted by molar-refractivity contribution is 5.85. The van der Waals surface area contributed by atoms with Gasteiger partial charge < -0.3 is 15.0 Å². The van der Waals surface area contributed by atoms with Crippen molar-refractivity contribution in [1.82, 2.24) is 14.9 Å². The molecule has 0 radical (unpaired) electrons. The van der Waals surface area contributed by atoms with E-state index in [1.54, 1.807) is 30.7 Å². The fraction of sp³-hybridized carbons (Fsp3) is 0.364. The van der Waals surface area contributed by atoms with Gasteiger partial charge in [0.2, 0.25) is 5.88 Å². The molecule has 1 aromatic carbocycles. The van der Waals surface area contributed by atoms with E-state index in [1.165, 1.54) is 0 Å². The molecule has 1 aliphatic rings. The molecule has 0 saturated carbocycles. The minimum atomic E-state index is -0.257. The zero-order valence-electron chi connectivity index (χ0n) is 16.1. The number of fused-ring (bicyclic) bond motifs is 1.